The second kappa shape index (κ2) is 7.59. The average molecular weight is 296 g/mol. The van der Waals surface area contributed by atoms with Crippen LogP contribution in [-0.4, -0.2) is 49.2 Å². The number of carbonyl (C=O) groups is 1. The lowest BCUT2D eigenvalue weighted by Crippen LogP contribution is -2.54. The van der Waals surface area contributed by atoms with E-state index in [9.17, 15) is 4.79 Å². The molecule has 21 heavy (non-hydrogen) atoms. The summed E-state index contributed by atoms with van der Waals surface area (Å²) in [7, 11) is 1.48. The van der Waals surface area contributed by atoms with Gasteiger partial charge in [0.05, 0.1) is 7.11 Å². The zero-order valence-corrected chi connectivity index (χ0v) is 14.0. The maximum absolute atomic E-state index is 12.1. The van der Waals surface area contributed by atoms with Crippen LogP contribution in [0.1, 0.15) is 58.8 Å². The molecule has 122 valence electrons. The molecule has 1 saturated carbocycles. The van der Waals surface area contributed by atoms with Crippen LogP contribution in [0.2, 0.25) is 0 Å². The van der Waals surface area contributed by atoms with Crippen LogP contribution in [0.15, 0.2) is 0 Å². The number of carbonyl (C=O) groups excluding carboxylic acids is 1. The third kappa shape index (κ3) is 3.98. The molecule has 1 N–H and O–H groups in total. The van der Waals surface area contributed by atoms with Crippen LogP contribution in [0.5, 0.6) is 0 Å². The van der Waals surface area contributed by atoms with E-state index in [1.165, 1.54) is 52.2 Å². The smallest absolute Gasteiger partial charge is 0.325 e. The Morgan fingerprint density at radius 2 is 2.00 bits per heavy atom. The van der Waals surface area contributed by atoms with Gasteiger partial charge in [-0.2, -0.15) is 0 Å². The number of piperidine rings is 1. The number of likely N-dealkylation sites (tertiary alicyclic amines) is 1. The van der Waals surface area contributed by atoms with E-state index in [4.69, 9.17) is 4.74 Å². The summed E-state index contributed by atoms with van der Waals surface area (Å²) in [5.41, 5.74) is -0.550. The third-order valence-corrected chi connectivity index (χ3v) is 5.46. The Morgan fingerprint density at radius 3 is 2.71 bits per heavy atom. The maximum Gasteiger partial charge on any atom is 0.325 e. The molecule has 3 atom stereocenters. The van der Waals surface area contributed by atoms with Crippen LogP contribution in [0.25, 0.3) is 0 Å². The zero-order valence-electron chi connectivity index (χ0n) is 14.0. The van der Waals surface area contributed by atoms with Gasteiger partial charge in [-0.1, -0.05) is 19.8 Å². The minimum Gasteiger partial charge on any atom is -0.468 e. The summed E-state index contributed by atoms with van der Waals surface area (Å²) in [6, 6.07) is 0.760. The number of rotatable bonds is 6. The number of hydrogen-bond donors (Lipinski definition) is 1. The highest BCUT2D eigenvalue weighted by Gasteiger charge is 2.37. The Morgan fingerprint density at radius 1 is 1.29 bits per heavy atom. The largest absolute Gasteiger partial charge is 0.468 e. The molecule has 0 bridgehead atoms. The number of ether oxygens (including phenoxy) is 1. The second-order valence-corrected chi connectivity index (χ2v) is 6.89. The molecule has 1 aliphatic heterocycles. The minimum atomic E-state index is -0.550. The number of nitrogens with one attached hydrogen (secondary N) is 1. The van der Waals surface area contributed by atoms with Crippen molar-refractivity contribution in [3.63, 3.8) is 0 Å². The van der Waals surface area contributed by atoms with Gasteiger partial charge < -0.3 is 15.0 Å². The fourth-order valence-electron chi connectivity index (χ4n) is 4.25. The van der Waals surface area contributed by atoms with Gasteiger partial charge in [0.2, 0.25) is 0 Å². The zero-order chi connectivity index (χ0) is 15.3. The summed E-state index contributed by atoms with van der Waals surface area (Å²) < 4.78 is 4.99. The first-order chi connectivity index (χ1) is 10.1. The Hall–Kier alpha value is -0.610. The van der Waals surface area contributed by atoms with E-state index in [0.29, 0.717) is 0 Å². The van der Waals surface area contributed by atoms with Crippen LogP contribution in [0, 0.1) is 5.92 Å². The van der Waals surface area contributed by atoms with Crippen molar-refractivity contribution in [2.24, 2.45) is 5.92 Å². The molecule has 1 unspecified atom stereocenters. The van der Waals surface area contributed by atoms with Gasteiger partial charge in [0.25, 0.3) is 0 Å². The molecule has 2 fully saturated rings. The predicted octanol–water partition coefficient (Wildman–Crippen LogP) is 2.57. The van der Waals surface area contributed by atoms with Gasteiger partial charge in [0.1, 0.15) is 5.54 Å². The highest BCUT2D eigenvalue weighted by Crippen LogP contribution is 2.35. The van der Waals surface area contributed by atoms with E-state index >= 15 is 0 Å². The second-order valence-electron chi connectivity index (χ2n) is 6.89. The predicted molar refractivity (Wildman–Crippen MR) is 85.3 cm³/mol. The molecule has 0 aromatic rings. The Kier molecular flexibility index (Phi) is 6.06. The van der Waals surface area contributed by atoms with Gasteiger partial charge in [-0.3, -0.25) is 4.79 Å². The first-order valence-electron chi connectivity index (χ1n) is 8.68. The first kappa shape index (κ1) is 16.8. The van der Waals surface area contributed by atoms with Crippen LogP contribution < -0.4 is 5.32 Å². The molecule has 4 nitrogen and oxygen atoms in total. The Labute approximate surface area is 129 Å². The number of methoxy groups -OCH3 is 1. The van der Waals surface area contributed by atoms with E-state index < -0.39 is 5.54 Å². The van der Waals surface area contributed by atoms with Crippen molar-refractivity contribution in [3.05, 3.63) is 0 Å². The van der Waals surface area contributed by atoms with Crippen LogP contribution in [0.3, 0.4) is 0 Å². The van der Waals surface area contributed by atoms with Crippen molar-refractivity contribution >= 4 is 5.97 Å². The van der Waals surface area contributed by atoms with E-state index in [1.54, 1.807) is 0 Å². The Balaban J connectivity index is 1.94. The molecule has 0 radical (unpaired) electrons. The molecular weight excluding hydrogens is 264 g/mol. The molecule has 4 heteroatoms. The number of likely N-dealkylation sites (N-methyl/N-ethyl adjacent to an activating group) is 1. The summed E-state index contributed by atoms with van der Waals surface area (Å²) in [5.74, 6) is 0.762. The molecule has 1 heterocycles. The number of fused-ring (bicyclic) bond motifs is 1. The maximum atomic E-state index is 12.1. The van der Waals surface area contributed by atoms with E-state index in [1.807, 2.05) is 13.8 Å². The van der Waals surface area contributed by atoms with Crippen molar-refractivity contribution in [3.8, 4) is 0 Å². The highest BCUT2D eigenvalue weighted by atomic mass is 16.5. The van der Waals surface area contributed by atoms with Gasteiger partial charge in [-0.25, -0.2) is 0 Å². The van der Waals surface area contributed by atoms with Crippen molar-refractivity contribution in [2.75, 3.05) is 26.7 Å². The number of esters is 1. The van der Waals surface area contributed by atoms with Gasteiger partial charge in [-0.15, -0.1) is 0 Å². The molecule has 2 rings (SSSR count). The number of nitrogens with zero attached hydrogens (tertiary/aromatic N) is 1. The van der Waals surface area contributed by atoms with Gasteiger partial charge in [0, 0.05) is 12.6 Å². The lowest BCUT2D eigenvalue weighted by Gasteiger charge is -2.45. The standard InChI is InChI=1S/C17H32N2O2/c1-4-18-17(2,16(20)21-3)11-13-19-12-7-9-14-8-5-6-10-15(14)19/h14-15,18H,4-13H2,1-3H3/t14-,15-,17?/m1/s1. The van der Waals surface area contributed by atoms with Crippen molar-refractivity contribution in [1.82, 2.24) is 10.2 Å². The monoisotopic (exact) mass is 296 g/mol. The van der Waals surface area contributed by atoms with Crippen molar-refractivity contribution in [1.29, 1.82) is 0 Å². The lowest BCUT2D eigenvalue weighted by molar-refractivity contribution is -0.148. The lowest BCUT2D eigenvalue weighted by atomic mass is 9.78. The average Bonchev–Trinajstić information content (AvgIpc) is 2.52. The summed E-state index contributed by atoms with van der Waals surface area (Å²) in [5, 5.41) is 3.32. The van der Waals surface area contributed by atoms with E-state index in [-0.39, 0.29) is 5.97 Å². The molecule has 1 aliphatic carbocycles. The summed E-state index contributed by atoms with van der Waals surface area (Å²) in [4.78, 5) is 14.7. The highest BCUT2D eigenvalue weighted by molar-refractivity contribution is 5.80. The normalized spacial score (nSPS) is 29.5. The van der Waals surface area contributed by atoms with Gasteiger partial charge in [-0.05, 0) is 58.0 Å². The molecule has 0 aromatic heterocycles. The molecule has 1 saturated heterocycles. The molecule has 2 aliphatic rings. The number of hydrogen-bond acceptors (Lipinski definition) is 4. The van der Waals surface area contributed by atoms with E-state index in [0.717, 1.165) is 31.5 Å². The van der Waals surface area contributed by atoms with Crippen molar-refractivity contribution < 1.29 is 9.53 Å². The van der Waals surface area contributed by atoms with Gasteiger partial charge >= 0.3 is 5.97 Å². The summed E-state index contributed by atoms with van der Waals surface area (Å²) in [6.45, 7) is 7.01. The Bertz CT molecular complexity index is 346. The van der Waals surface area contributed by atoms with E-state index in [2.05, 4.69) is 10.2 Å². The molecule has 0 amide bonds. The summed E-state index contributed by atoms with van der Waals surface area (Å²) >= 11 is 0. The first-order valence-corrected chi connectivity index (χ1v) is 8.68. The SMILES string of the molecule is CCNC(C)(CCN1CCC[C@H]2CCCC[C@H]21)C(=O)OC. The molecule has 0 aromatic carbocycles. The fraction of sp³-hybridized carbons (Fsp3) is 0.941. The molecule has 0 spiro atoms. The fourth-order valence-corrected chi connectivity index (χ4v) is 4.25. The molecular formula is C17H32N2O2. The van der Waals surface area contributed by atoms with Gasteiger partial charge in [0.15, 0.2) is 0 Å². The quantitative estimate of drug-likeness (QED) is 0.765. The third-order valence-electron chi connectivity index (χ3n) is 5.46. The van der Waals surface area contributed by atoms with Crippen LogP contribution in [-0.2, 0) is 9.53 Å². The van der Waals surface area contributed by atoms with Crippen LogP contribution >= 0.6 is 0 Å². The topological polar surface area (TPSA) is 41.6 Å². The minimum absolute atomic E-state index is 0.137. The van der Waals surface area contributed by atoms with Crippen molar-refractivity contribution in [2.45, 2.75) is 70.4 Å². The van der Waals surface area contributed by atoms with Crippen LogP contribution in [0.4, 0.5) is 0 Å². The summed E-state index contributed by atoms with van der Waals surface area (Å²) in [6.07, 6.45) is 9.09.